The van der Waals surface area contributed by atoms with Crippen LogP contribution in [-0.4, -0.2) is 30.6 Å². The minimum absolute atomic E-state index is 0.172. The molecule has 26 heavy (non-hydrogen) atoms. The topological polar surface area (TPSA) is 44.8 Å². The molecule has 2 heterocycles. The molecule has 2 rings (SSSR count). The Morgan fingerprint density at radius 1 is 0.885 bits per heavy atom. The fourth-order valence-corrected chi connectivity index (χ4v) is 3.74. The van der Waals surface area contributed by atoms with Crippen molar-refractivity contribution in [2.45, 2.75) is 102 Å². The van der Waals surface area contributed by atoms with E-state index < -0.39 is 5.79 Å². The molecule has 0 unspecified atom stereocenters. The standard InChI is InChI=1S/C22H36O4/c1-22(2)25-19-14-10-7-5-3-4-6-8-13-17-24-21(23)16-12-9-11-15-20(18-19)26-22/h9,11-12,16,19-20H,3-8,10,13-15,17-18H2,1-2H3/b11-9+,16-12+/t19-,20-/m1/s1. The Bertz CT molecular complexity index is 467. The summed E-state index contributed by atoms with van der Waals surface area (Å²) in [5.74, 6) is -0.773. The van der Waals surface area contributed by atoms with E-state index in [4.69, 9.17) is 14.2 Å². The molecule has 0 saturated carbocycles. The Morgan fingerprint density at radius 2 is 1.54 bits per heavy atom. The second kappa shape index (κ2) is 11.6. The fourth-order valence-electron chi connectivity index (χ4n) is 3.74. The molecule has 0 amide bonds. The Morgan fingerprint density at radius 3 is 2.31 bits per heavy atom. The van der Waals surface area contributed by atoms with Crippen LogP contribution >= 0.6 is 0 Å². The van der Waals surface area contributed by atoms with E-state index in [0.717, 1.165) is 32.1 Å². The van der Waals surface area contributed by atoms with Crippen LogP contribution in [-0.2, 0) is 19.0 Å². The van der Waals surface area contributed by atoms with E-state index in [-0.39, 0.29) is 18.2 Å². The number of rotatable bonds is 0. The number of hydrogen-bond donors (Lipinski definition) is 0. The van der Waals surface area contributed by atoms with Gasteiger partial charge in [0.25, 0.3) is 0 Å². The lowest BCUT2D eigenvalue weighted by atomic mass is 9.99. The van der Waals surface area contributed by atoms with Gasteiger partial charge in [-0.25, -0.2) is 4.79 Å². The second-order valence-electron chi connectivity index (χ2n) is 7.92. The molecular formula is C22H36O4. The van der Waals surface area contributed by atoms with Crippen LogP contribution in [0.5, 0.6) is 0 Å². The number of hydrogen-bond acceptors (Lipinski definition) is 4. The molecule has 2 atom stereocenters. The van der Waals surface area contributed by atoms with Crippen molar-refractivity contribution in [3.8, 4) is 0 Å². The van der Waals surface area contributed by atoms with Crippen LogP contribution in [0.3, 0.4) is 0 Å². The first-order chi connectivity index (χ1) is 12.6. The van der Waals surface area contributed by atoms with Crippen molar-refractivity contribution in [2.75, 3.05) is 6.61 Å². The molecule has 1 saturated heterocycles. The molecule has 0 radical (unpaired) electrons. The largest absolute Gasteiger partial charge is 0.463 e. The highest BCUT2D eigenvalue weighted by molar-refractivity contribution is 5.82. The highest BCUT2D eigenvalue weighted by atomic mass is 16.7. The summed E-state index contributed by atoms with van der Waals surface area (Å²) in [7, 11) is 0. The van der Waals surface area contributed by atoms with Gasteiger partial charge in [-0.1, -0.05) is 63.2 Å². The molecule has 1 fully saturated rings. The van der Waals surface area contributed by atoms with Gasteiger partial charge < -0.3 is 14.2 Å². The van der Waals surface area contributed by atoms with E-state index in [0.29, 0.717) is 6.61 Å². The maximum atomic E-state index is 11.6. The lowest BCUT2D eigenvalue weighted by Gasteiger charge is -2.40. The van der Waals surface area contributed by atoms with Gasteiger partial charge in [0.1, 0.15) is 0 Å². The highest BCUT2D eigenvalue weighted by Crippen LogP contribution is 2.31. The van der Waals surface area contributed by atoms with Crippen molar-refractivity contribution >= 4 is 5.97 Å². The van der Waals surface area contributed by atoms with Crippen LogP contribution in [0.2, 0.25) is 0 Å². The summed E-state index contributed by atoms with van der Waals surface area (Å²) in [6.45, 7) is 4.54. The number of cyclic esters (lactones) is 1. The van der Waals surface area contributed by atoms with E-state index in [1.807, 2.05) is 19.9 Å². The zero-order valence-corrected chi connectivity index (χ0v) is 16.6. The van der Waals surface area contributed by atoms with Crippen LogP contribution in [0.4, 0.5) is 0 Å². The van der Waals surface area contributed by atoms with Crippen molar-refractivity contribution in [1.82, 2.24) is 0 Å². The molecule has 0 aliphatic carbocycles. The highest BCUT2D eigenvalue weighted by Gasteiger charge is 2.34. The van der Waals surface area contributed by atoms with Gasteiger partial charge in [0.15, 0.2) is 5.79 Å². The Kier molecular flexibility index (Phi) is 9.41. The Balaban J connectivity index is 1.88. The molecule has 2 bridgehead atoms. The first kappa shape index (κ1) is 21.2. The predicted molar refractivity (Wildman–Crippen MR) is 104 cm³/mol. The third-order valence-corrected chi connectivity index (χ3v) is 4.97. The minimum Gasteiger partial charge on any atom is -0.463 e. The maximum absolute atomic E-state index is 11.6. The van der Waals surface area contributed by atoms with E-state index in [1.54, 1.807) is 6.08 Å². The zero-order chi connectivity index (χ0) is 18.7. The van der Waals surface area contributed by atoms with Gasteiger partial charge in [-0.3, -0.25) is 0 Å². The van der Waals surface area contributed by atoms with Gasteiger partial charge >= 0.3 is 5.97 Å². The summed E-state index contributed by atoms with van der Waals surface area (Å²) >= 11 is 0. The van der Waals surface area contributed by atoms with E-state index in [1.165, 1.54) is 44.6 Å². The zero-order valence-electron chi connectivity index (χ0n) is 16.6. The quantitative estimate of drug-likeness (QED) is 0.535. The third-order valence-electron chi connectivity index (χ3n) is 4.97. The van der Waals surface area contributed by atoms with Crippen LogP contribution < -0.4 is 0 Å². The van der Waals surface area contributed by atoms with E-state index >= 15 is 0 Å². The maximum Gasteiger partial charge on any atom is 0.330 e. The third kappa shape index (κ3) is 9.00. The van der Waals surface area contributed by atoms with Crippen molar-refractivity contribution in [2.24, 2.45) is 0 Å². The first-order valence-corrected chi connectivity index (χ1v) is 10.4. The molecule has 2 aliphatic rings. The number of carbonyl (C=O) groups excluding carboxylic acids is 1. The summed E-state index contributed by atoms with van der Waals surface area (Å²) in [4.78, 5) is 11.6. The second-order valence-corrected chi connectivity index (χ2v) is 7.92. The van der Waals surface area contributed by atoms with Crippen molar-refractivity contribution < 1.29 is 19.0 Å². The van der Waals surface area contributed by atoms with Crippen molar-refractivity contribution in [3.63, 3.8) is 0 Å². The summed E-state index contributed by atoms with van der Waals surface area (Å²) in [6.07, 6.45) is 20.3. The van der Waals surface area contributed by atoms with Gasteiger partial charge in [-0.15, -0.1) is 0 Å². The molecule has 0 N–H and O–H groups in total. The number of esters is 1. The molecule has 0 aromatic carbocycles. The van der Waals surface area contributed by atoms with Gasteiger partial charge in [0.2, 0.25) is 0 Å². The predicted octanol–water partition coefficient (Wildman–Crippen LogP) is 5.47. The molecule has 4 nitrogen and oxygen atoms in total. The van der Waals surface area contributed by atoms with Crippen LogP contribution in [0.25, 0.3) is 0 Å². The van der Waals surface area contributed by atoms with Crippen molar-refractivity contribution in [3.05, 3.63) is 24.3 Å². The van der Waals surface area contributed by atoms with Crippen molar-refractivity contribution in [1.29, 1.82) is 0 Å². The van der Waals surface area contributed by atoms with Crippen LogP contribution in [0.15, 0.2) is 24.3 Å². The monoisotopic (exact) mass is 364 g/mol. The van der Waals surface area contributed by atoms with E-state index in [2.05, 4.69) is 6.08 Å². The summed E-state index contributed by atoms with van der Waals surface area (Å²) in [6, 6.07) is 0. The first-order valence-electron chi connectivity index (χ1n) is 10.4. The molecular weight excluding hydrogens is 328 g/mol. The molecule has 148 valence electrons. The molecule has 0 spiro atoms. The lowest BCUT2D eigenvalue weighted by Crippen LogP contribution is -2.44. The minimum atomic E-state index is -0.516. The normalized spacial score (nSPS) is 32.2. The molecule has 4 heteroatoms. The van der Waals surface area contributed by atoms with E-state index in [9.17, 15) is 4.79 Å². The number of allylic oxidation sites excluding steroid dienone is 2. The fraction of sp³-hybridized carbons (Fsp3) is 0.773. The Hall–Kier alpha value is -1.13. The summed E-state index contributed by atoms with van der Waals surface area (Å²) in [5.41, 5.74) is 0. The number of carbonyl (C=O) groups is 1. The van der Waals surface area contributed by atoms with Crippen LogP contribution in [0.1, 0.15) is 84.5 Å². The smallest absolute Gasteiger partial charge is 0.330 e. The van der Waals surface area contributed by atoms with Gasteiger partial charge in [0, 0.05) is 12.5 Å². The van der Waals surface area contributed by atoms with Gasteiger partial charge in [-0.2, -0.15) is 0 Å². The molecule has 0 aromatic heterocycles. The average molecular weight is 365 g/mol. The van der Waals surface area contributed by atoms with Crippen LogP contribution in [0, 0.1) is 0 Å². The lowest BCUT2D eigenvalue weighted by molar-refractivity contribution is -0.299. The average Bonchev–Trinajstić information content (AvgIpc) is 2.57. The summed E-state index contributed by atoms with van der Waals surface area (Å²) in [5, 5.41) is 0. The number of fused-ring (bicyclic) bond motifs is 2. The van der Waals surface area contributed by atoms with Gasteiger partial charge in [-0.05, 0) is 33.1 Å². The number of ether oxygens (including phenoxy) is 3. The molecule has 2 aliphatic heterocycles. The Labute approximate surface area is 159 Å². The molecule has 0 aromatic rings. The SMILES string of the molecule is CC1(C)O[C@@H]2C/C=C/C=C/C(=O)OCCCCCCCCCC[C@H](C2)O1. The summed E-state index contributed by atoms with van der Waals surface area (Å²) < 4.78 is 17.4. The van der Waals surface area contributed by atoms with Gasteiger partial charge in [0.05, 0.1) is 18.8 Å².